The number of piperidine rings is 1. The molecule has 272 valence electrons. The van der Waals surface area contributed by atoms with Crippen molar-refractivity contribution in [3.05, 3.63) is 104 Å². The number of likely N-dealkylation sites (tertiary alicyclic amines) is 1. The predicted molar refractivity (Wildman–Crippen MR) is 203 cm³/mol. The molecule has 1 aliphatic rings. The van der Waals surface area contributed by atoms with E-state index in [4.69, 9.17) is 21.1 Å². The number of aromatic amines is 1. The molecule has 6 N–H and O–H groups in total. The first-order chi connectivity index (χ1) is 25.2. The number of nitrogens with one attached hydrogen (secondary N) is 4. The van der Waals surface area contributed by atoms with Gasteiger partial charge in [0.05, 0.1) is 35.1 Å². The van der Waals surface area contributed by atoms with Crippen molar-refractivity contribution in [1.29, 1.82) is 0 Å². The quantitative estimate of drug-likeness (QED) is 0.0791. The Morgan fingerprint density at radius 2 is 1.83 bits per heavy atom. The molecule has 1 atom stereocenters. The molecule has 0 radical (unpaired) electrons. The number of nitrogens with zero attached hydrogens (tertiary/aromatic N) is 1. The highest BCUT2D eigenvalue weighted by molar-refractivity contribution is 7.08. The highest BCUT2D eigenvalue weighted by atomic mass is 35.5. The summed E-state index contributed by atoms with van der Waals surface area (Å²) in [6.45, 7) is 2.43. The number of carbonyl (C=O) groups excluding carboxylic acids is 2. The van der Waals surface area contributed by atoms with Gasteiger partial charge in [0, 0.05) is 78.6 Å². The Balaban J connectivity index is 0.939. The lowest BCUT2D eigenvalue weighted by Crippen LogP contribution is -2.39. The van der Waals surface area contributed by atoms with Crippen LogP contribution in [0.5, 0.6) is 11.5 Å². The number of phenols is 1. The average Bonchev–Trinajstić information content (AvgIpc) is 3.60. The van der Waals surface area contributed by atoms with E-state index in [0.29, 0.717) is 66.4 Å². The number of anilines is 2. The van der Waals surface area contributed by atoms with Crippen LogP contribution in [0.25, 0.3) is 22.0 Å². The van der Waals surface area contributed by atoms with Crippen LogP contribution in [0.3, 0.4) is 0 Å². The maximum absolute atomic E-state index is 12.9. The number of H-pyrrole nitrogens is 1. The Hall–Kier alpha value is -4.92. The molecule has 12 nitrogen and oxygen atoms in total. The summed E-state index contributed by atoms with van der Waals surface area (Å²) in [7, 11) is 1.53. The Labute approximate surface area is 309 Å². The number of aliphatic hydroxyl groups is 1. The maximum Gasteiger partial charge on any atom is 0.411 e. The molecule has 0 saturated carbocycles. The number of benzene rings is 3. The standard InChI is InChI=1S/C38H40ClN5O7S/c1-50-34-18-30(29(39)17-24(34)19-40-20-33(46)26-7-9-32(45)37-27(26)8-10-35(47)43-37)41-36(48)13-16-44-14-11-25(12-15-44)51-38(49)42-31-22-52-21-28(31)23-5-3-2-4-6-23/h2-10,17-18,21-22,25,33,40,45-46H,11-16,19-20H2,1H3,(H,41,48)(H,42,49)(H,43,47)/t33-/m0/s1. The Morgan fingerprint density at radius 3 is 2.60 bits per heavy atom. The van der Waals surface area contributed by atoms with Gasteiger partial charge in [-0.1, -0.05) is 48.0 Å². The molecule has 0 spiro atoms. The molecule has 6 rings (SSSR count). The number of hydrogen-bond acceptors (Lipinski definition) is 10. The number of aliphatic hydroxyl groups excluding tert-OH is 1. The molecule has 0 aliphatic carbocycles. The number of hydrogen-bond donors (Lipinski definition) is 6. The summed E-state index contributed by atoms with van der Waals surface area (Å²) in [5.41, 5.74) is 4.32. The normalized spacial score (nSPS) is 14.2. The van der Waals surface area contributed by atoms with Crippen molar-refractivity contribution in [2.45, 2.75) is 38.0 Å². The summed E-state index contributed by atoms with van der Waals surface area (Å²) >= 11 is 8.08. The van der Waals surface area contributed by atoms with Gasteiger partial charge in [-0.15, -0.1) is 11.3 Å². The zero-order chi connectivity index (χ0) is 36.6. The molecule has 2 amide bonds. The number of fused-ring (bicyclic) bond motifs is 1. The van der Waals surface area contributed by atoms with Gasteiger partial charge in [-0.05, 0) is 42.2 Å². The summed E-state index contributed by atoms with van der Waals surface area (Å²) in [6, 6.07) is 19.2. The van der Waals surface area contributed by atoms with Crippen LogP contribution in [-0.4, -0.2) is 71.5 Å². The number of methoxy groups -OCH3 is 1. The van der Waals surface area contributed by atoms with Crippen LogP contribution in [0.2, 0.25) is 5.02 Å². The van der Waals surface area contributed by atoms with Gasteiger partial charge in [0.25, 0.3) is 0 Å². The third-order valence-corrected chi connectivity index (χ3v) is 10.1. The number of aromatic hydroxyl groups is 1. The van der Waals surface area contributed by atoms with E-state index in [1.54, 1.807) is 24.3 Å². The molecular weight excluding hydrogens is 706 g/mol. The van der Waals surface area contributed by atoms with E-state index in [1.807, 2.05) is 41.1 Å². The molecule has 1 fully saturated rings. The topological polar surface area (TPSA) is 165 Å². The Bertz CT molecular complexity index is 2080. The van der Waals surface area contributed by atoms with Crippen LogP contribution in [0, 0.1) is 0 Å². The summed E-state index contributed by atoms with van der Waals surface area (Å²) in [4.78, 5) is 42.1. The number of aromatic nitrogens is 1. The molecule has 52 heavy (non-hydrogen) atoms. The zero-order valence-corrected chi connectivity index (χ0v) is 30.1. The average molecular weight is 746 g/mol. The minimum absolute atomic E-state index is 0.0793. The third kappa shape index (κ3) is 9.11. The summed E-state index contributed by atoms with van der Waals surface area (Å²) in [6.07, 6.45) is -0.00453. The number of halogens is 1. The van der Waals surface area contributed by atoms with Crippen molar-refractivity contribution in [1.82, 2.24) is 15.2 Å². The maximum atomic E-state index is 12.9. The van der Waals surface area contributed by atoms with Gasteiger partial charge in [0.2, 0.25) is 11.5 Å². The lowest BCUT2D eigenvalue weighted by molar-refractivity contribution is -0.116. The molecule has 2 aromatic heterocycles. The Kier molecular flexibility index (Phi) is 12.1. The van der Waals surface area contributed by atoms with Crippen LogP contribution in [0.15, 0.2) is 82.3 Å². The fourth-order valence-corrected chi connectivity index (χ4v) is 7.29. The molecule has 1 aliphatic heterocycles. The van der Waals surface area contributed by atoms with Gasteiger partial charge in [0.1, 0.15) is 17.6 Å². The third-order valence-electron chi connectivity index (χ3n) is 9.01. The number of pyridine rings is 1. The van der Waals surface area contributed by atoms with Gasteiger partial charge in [-0.2, -0.15) is 0 Å². The van der Waals surface area contributed by atoms with Crippen molar-refractivity contribution in [3.63, 3.8) is 0 Å². The van der Waals surface area contributed by atoms with E-state index < -0.39 is 12.2 Å². The molecule has 5 aromatic rings. The number of rotatable bonds is 13. The highest BCUT2D eigenvalue weighted by Crippen LogP contribution is 2.33. The van der Waals surface area contributed by atoms with Gasteiger partial charge in [0.15, 0.2) is 0 Å². The monoisotopic (exact) mass is 745 g/mol. The number of ether oxygens (including phenoxy) is 2. The zero-order valence-electron chi connectivity index (χ0n) is 28.5. The number of carbonyl (C=O) groups is 2. The molecule has 3 aromatic carbocycles. The lowest BCUT2D eigenvalue weighted by atomic mass is 10.0. The summed E-state index contributed by atoms with van der Waals surface area (Å²) in [5.74, 6) is 0.239. The second-order valence-corrected chi connectivity index (χ2v) is 13.7. The SMILES string of the molecule is COc1cc(NC(=O)CCN2CCC(OC(=O)Nc3cscc3-c3ccccc3)CC2)c(Cl)cc1CNC[C@H](O)c1ccc(O)c2[nH]c(=O)ccc12. The van der Waals surface area contributed by atoms with Crippen LogP contribution < -0.4 is 26.2 Å². The number of phenolic OH excluding ortho intramolecular Hbond substituents is 1. The van der Waals surface area contributed by atoms with E-state index >= 15 is 0 Å². The molecular formula is C38H40ClN5O7S. The van der Waals surface area contributed by atoms with Crippen LogP contribution in [0.1, 0.15) is 36.5 Å². The van der Waals surface area contributed by atoms with Gasteiger partial charge >= 0.3 is 6.09 Å². The van der Waals surface area contributed by atoms with Crippen molar-refractivity contribution in [2.75, 3.05) is 43.9 Å². The number of thiophene rings is 1. The molecule has 3 heterocycles. The fourth-order valence-electron chi connectivity index (χ4n) is 6.27. The summed E-state index contributed by atoms with van der Waals surface area (Å²) < 4.78 is 11.3. The second-order valence-electron chi connectivity index (χ2n) is 12.5. The lowest BCUT2D eigenvalue weighted by Gasteiger charge is -2.31. The van der Waals surface area contributed by atoms with Crippen molar-refractivity contribution < 1.29 is 29.3 Å². The Morgan fingerprint density at radius 1 is 1.04 bits per heavy atom. The molecule has 0 unspecified atom stereocenters. The largest absolute Gasteiger partial charge is 0.506 e. The van der Waals surface area contributed by atoms with Gasteiger partial charge in [-0.3, -0.25) is 14.9 Å². The minimum atomic E-state index is -0.933. The van der Waals surface area contributed by atoms with E-state index in [1.165, 1.54) is 30.6 Å². The van der Waals surface area contributed by atoms with E-state index in [-0.39, 0.29) is 41.8 Å². The van der Waals surface area contributed by atoms with Crippen molar-refractivity contribution in [3.8, 4) is 22.6 Å². The van der Waals surface area contributed by atoms with E-state index in [9.17, 15) is 24.6 Å². The predicted octanol–water partition coefficient (Wildman–Crippen LogP) is 6.49. The second kappa shape index (κ2) is 17.1. The van der Waals surface area contributed by atoms with Crippen LogP contribution in [0.4, 0.5) is 16.2 Å². The highest BCUT2D eigenvalue weighted by Gasteiger charge is 2.24. The first-order valence-electron chi connectivity index (χ1n) is 16.9. The van der Waals surface area contributed by atoms with Crippen LogP contribution in [-0.2, 0) is 16.1 Å². The van der Waals surface area contributed by atoms with E-state index in [2.05, 4.69) is 25.8 Å². The van der Waals surface area contributed by atoms with Gasteiger partial charge < -0.3 is 40.2 Å². The van der Waals surface area contributed by atoms with Gasteiger partial charge in [-0.25, -0.2) is 4.79 Å². The van der Waals surface area contributed by atoms with Crippen LogP contribution >= 0.6 is 22.9 Å². The summed E-state index contributed by atoms with van der Waals surface area (Å²) in [5, 5.41) is 34.8. The van der Waals surface area contributed by atoms with Crippen molar-refractivity contribution >= 4 is 57.2 Å². The fraction of sp³-hybridized carbons (Fsp3) is 0.289. The smallest absolute Gasteiger partial charge is 0.411 e. The number of amides is 2. The van der Waals surface area contributed by atoms with E-state index in [0.717, 1.165) is 22.4 Å². The van der Waals surface area contributed by atoms with Crippen molar-refractivity contribution in [2.24, 2.45) is 0 Å². The molecule has 1 saturated heterocycles. The molecule has 0 bridgehead atoms. The molecule has 14 heteroatoms. The first kappa shape index (κ1) is 36.9. The minimum Gasteiger partial charge on any atom is -0.506 e. The first-order valence-corrected chi connectivity index (χ1v) is 18.2.